The predicted octanol–water partition coefficient (Wildman–Crippen LogP) is 0.463. The van der Waals surface area contributed by atoms with Gasteiger partial charge in [-0.15, -0.1) is 0 Å². The number of benzene rings is 1. The molecule has 8 heteroatoms. The summed E-state index contributed by atoms with van der Waals surface area (Å²) in [5.74, 6) is -0.736. The van der Waals surface area contributed by atoms with Gasteiger partial charge in [0.05, 0.1) is 11.5 Å². The van der Waals surface area contributed by atoms with Crippen molar-refractivity contribution < 1.29 is 27.8 Å². The van der Waals surface area contributed by atoms with Crippen LogP contribution in [0.3, 0.4) is 0 Å². The SMILES string of the molecule is COCCOc1ccc(S(=O)(=O)NC(C)C(=O)O)cc1. The molecule has 1 unspecified atom stereocenters. The molecular weight excluding hydrogens is 286 g/mol. The lowest BCUT2D eigenvalue weighted by Crippen LogP contribution is -2.38. The van der Waals surface area contributed by atoms with Crippen LogP contribution in [0.4, 0.5) is 0 Å². The fourth-order valence-corrected chi connectivity index (χ4v) is 2.51. The number of carbonyl (C=O) groups is 1. The van der Waals surface area contributed by atoms with Crippen LogP contribution < -0.4 is 9.46 Å². The third kappa shape index (κ3) is 4.80. The van der Waals surface area contributed by atoms with E-state index in [1.807, 2.05) is 0 Å². The normalized spacial score (nSPS) is 12.9. The van der Waals surface area contributed by atoms with E-state index in [1.54, 1.807) is 7.11 Å². The molecule has 1 aromatic carbocycles. The maximum atomic E-state index is 11.9. The molecule has 1 rings (SSSR count). The molecule has 1 aromatic rings. The average Bonchev–Trinajstić information content (AvgIpc) is 2.39. The summed E-state index contributed by atoms with van der Waals surface area (Å²) in [7, 11) is -2.31. The van der Waals surface area contributed by atoms with E-state index in [0.717, 1.165) is 0 Å². The third-order valence-corrected chi connectivity index (χ3v) is 3.95. The number of ether oxygens (including phenoxy) is 2. The summed E-state index contributed by atoms with van der Waals surface area (Å²) in [4.78, 5) is 10.6. The standard InChI is InChI=1S/C12H17NO6S/c1-9(12(14)15)13-20(16,17)11-5-3-10(4-6-11)19-8-7-18-2/h3-6,9,13H,7-8H2,1-2H3,(H,14,15). The Bertz CT molecular complexity index is 540. The molecule has 0 saturated heterocycles. The van der Waals surface area contributed by atoms with Crippen molar-refractivity contribution in [3.05, 3.63) is 24.3 Å². The number of aliphatic carboxylic acids is 1. The van der Waals surface area contributed by atoms with Crippen LogP contribution in [0.15, 0.2) is 29.2 Å². The van der Waals surface area contributed by atoms with Crippen LogP contribution in [-0.2, 0) is 19.6 Å². The lowest BCUT2D eigenvalue weighted by Gasteiger charge is -2.11. The Morgan fingerprint density at radius 1 is 1.30 bits per heavy atom. The first-order valence-electron chi connectivity index (χ1n) is 5.84. The second-order valence-electron chi connectivity index (χ2n) is 3.99. The molecule has 0 fully saturated rings. The average molecular weight is 303 g/mol. The van der Waals surface area contributed by atoms with Crippen molar-refractivity contribution in [3.8, 4) is 5.75 Å². The lowest BCUT2D eigenvalue weighted by atomic mass is 10.3. The van der Waals surface area contributed by atoms with Gasteiger partial charge in [0.25, 0.3) is 0 Å². The molecule has 20 heavy (non-hydrogen) atoms. The molecule has 1 atom stereocenters. The molecule has 0 spiro atoms. The largest absolute Gasteiger partial charge is 0.491 e. The molecule has 0 saturated carbocycles. The summed E-state index contributed by atoms with van der Waals surface area (Å²) in [5, 5.41) is 8.70. The molecular formula is C12H17NO6S. The van der Waals surface area contributed by atoms with Gasteiger partial charge < -0.3 is 14.6 Å². The first-order chi connectivity index (χ1) is 9.36. The highest BCUT2D eigenvalue weighted by Gasteiger charge is 2.21. The molecule has 0 aliphatic carbocycles. The van der Waals surface area contributed by atoms with Crippen LogP contribution in [-0.4, -0.2) is 45.9 Å². The Kier molecular flexibility index (Phi) is 5.93. The second-order valence-corrected chi connectivity index (χ2v) is 5.71. The smallest absolute Gasteiger partial charge is 0.321 e. The summed E-state index contributed by atoms with van der Waals surface area (Å²) in [6.45, 7) is 2.04. The Labute approximate surface area is 117 Å². The van der Waals surface area contributed by atoms with Crippen LogP contribution in [0, 0.1) is 0 Å². The van der Waals surface area contributed by atoms with E-state index in [2.05, 4.69) is 4.72 Å². The van der Waals surface area contributed by atoms with Gasteiger partial charge in [-0.1, -0.05) is 0 Å². The van der Waals surface area contributed by atoms with Crippen molar-refractivity contribution in [2.24, 2.45) is 0 Å². The first kappa shape index (κ1) is 16.4. The van der Waals surface area contributed by atoms with Gasteiger partial charge in [-0.25, -0.2) is 8.42 Å². The summed E-state index contributed by atoms with van der Waals surface area (Å²) >= 11 is 0. The van der Waals surface area contributed by atoms with Crippen molar-refractivity contribution in [1.29, 1.82) is 0 Å². The highest BCUT2D eigenvalue weighted by Crippen LogP contribution is 2.16. The number of hydrogen-bond donors (Lipinski definition) is 2. The zero-order valence-corrected chi connectivity index (χ0v) is 12.0. The molecule has 0 amide bonds. The molecule has 0 aliphatic heterocycles. The third-order valence-electron chi connectivity index (χ3n) is 2.39. The molecule has 0 heterocycles. The van der Waals surface area contributed by atoms with Crippen LogP contribution in [0.1, 0.15) is 6.92 Å². The van der Waals surface area contributed by atoms with Crippen molar-refractivity contribution in [3.63, 3.8) is 0 Å². The lowest BCUT2D eigenvalue weighted by molar-refractivity contribution is -0.138. The zero-order chi connectivity index (χ0) is 15.2. The van der Waals surface area contributed by atoms with Gasteiger partial charge in [0.1, 0.15) is 18.4 Å². The Hall–Kier alpha value is -1.64. The number of carboxylic acid groups (broad SMARTS) is 1. The van der Waals surface area contributed by atoms with E-state index in [1.165, 1.54) is 31.2 Å². The van der Waals surface area contributed by atoms with Crippen molar-refractivity contribution in [2.75, 3.05) is 20.3 Å². The maximum Gasteiger partial charge on any atom is 0.321 e. The topological polar surface area (TPSA) is 102 Å². The first-order valence-corrected chi connectivity index (χ1v) is 7.32. The summed E-state index contributed by atoms with van der Waals surface area (Å²) in [6.07, 6.45) is 0. The predicted molar refractivity (Wildman–Crippen MR) is 71.2 cm³/mol. The number of nitrogens with one attached hydrogen (secondary N) is 1. The Morgan fingerprint density at radius 3 is 2.40 bits per heavy atom. The molecule has 0 bridgehead atoms. The van der Waals surface area contributed by atoms with E-state index >= 15 is 0 Å². The monoisotopic (exact) mass is 303 g/mol. The number of hydrogen-bond acceptors (Lipinski definition) is 5. The Balaban J connectivity index is 2.74. The highest BCUT2D eigenvalue weighted by atomic mass is 32.2. The minimum absolute atomic E-state index is 0.0234. The van der Waals surface area contributed by atoms with Crippen molar-refractivity contribution in [1.82, 2.24) is 4.72 Å². The molecule has 2 N–H and O–H groups in total. The van der Waals surface area contributed by atoms with Gasteiger partial charge in [0.2, 0.25) is 10.0 Å². The molecule has 0 aliphatic rings. The van der Waals surface area contributed by atoms with E-state index < -0.39 is 22.0 Å². The quantitative estimate of drug-likeness (QED) is 0.677. The van der Waals surface area contributed by atoms with Gasteiger partial charge in [-0.05, 0) is 31.2 Å². The highest BCUT2D eigenvalue weighted by molar-refractivity contribution is 7.89. The van der Waals surface area contributed by atoms with Crippen molar-refractivity contribution in [2.45, 2.75) is 17.9 Å². The molecule has 112 valence electrons. The molecule has 0 aromatic heterocycles. The number of sulfonamides is 1. The number of methoxy groups -OCH3 is 1. The van der Waals surface area contributed by atoms with Crippen LogP contribution >= 0.6 is 0 Å². The summed E-state index contributed by atoms with van der Waals surface area (Å²) < 4.78 is 35.9. The van der Waals surface area contributed by atoms with Crippen molar-refractivity contribution >= 4 is 16.0 Å². The zero-order valence-electron chi connectivity index (χ0n) is 11.2. The molecule has 7 nitrogen and oxygen atoms in total. The fraction of sp³-hybridized carbons (Fsp3) is 0.417. The molecule has 0 radical (unpaired) electrons. The Morgan fingerprint density at radius 2 is 1.90 bits per heavy atom. The fourth-order valence-electron chi connectivity index (χ4n) is 1.31. The summed E-state index contributed by atoms with van der Waals surface area (Å²) in [5.41, 5.74) is 0. The van der Waals surface area contributed by atoms with E-state index in [-0.39, 0.29) is 4.90 Å². The van der Waals surface area contributed by atoms with E-state index in [9.17, 15) is 13.2 Å². The van der Waals surface area contributed by atoms with E-state index in [0.29, 0.717) is 19.0 Å². The van der Waals surface area contributed by atoms with Gasteiger partial charge in [-0.2, -0.15) is 4.72 Å². The minimum Gasteiger partial charge on any atom is -0.491 e. The number of carboxylic acids is 1. The van der Waals surface area contributed by atoms with Crippen LogP contribution in [0.2, 0.25) is 0 Å². The van der Waals surface area contributed by atoms with Gasteiger partial charge in [-0.3, -0.25) is 4.79 Å². The van der Waals surface area contributed by atoms with Crippen LogP contribution in [0.5, 0.6) is 5.75 Å². The van der Waals surface area contributed by atoms with Gasteiger partial charge >= 0.3 is 5.97 Å². The van der Waals surface area contributed by atoms with Gasteiger partial charge in [0, 0.05) is 7.11 Å². The second kappa shape index (κ2) is 7.22. The van der Waals surface area contributed by atoms with Gasteiger partial charge in [0.15, 0.2) is 0 Å². The minimum atomic E-state index is -3.86. The number of rotatable bonds is 8. The summed E-state index contributed by atoms with van der Waals surface area (Å²) in [6, 6.07) is 4.49. The van der Waals surface area contributed by atoms with E-state index in [4.69, 9.17) is 14.6 Å². The maximum absolute atomic E-state index is 11.9. The van der Waals surface area contributed by atoms with Crippen LogP contribution in [0.25, 0.3) is 0 Å².